The summed E-state index contributed by atoms with van der Waals surface area (Å²) in [7, 11) is 0. The molecular weight excluding hydrogens is 312 g/mol. The van der Waals surface area contributed by atoms with Gasteiger partial charge < -0.3 is 10.6 Å². The van der Waals surface area contributed by atoms with E-state index in [4.69, 9.17) is 11.6 Å². The van der Waals surface area contributed by atoms with E-state index in [1.54, 1.807) is 30.3 Å². The van der Waals surface area contributed by atoms with Crippen LogP contribution >= 0.6 is 11.6 Å². The highest BCUT2D eigenvalue weighted by atomic mass is 35.5. The number of nitrogens with one attached hydrogen (secondary N) is 2. The van der Waals surface area contributed by atoms with E-state index in [9.17, 15) is 9.59 Å². The topological polar surface area (TPSA) is 58.2 Å². The van der Waals surface area contributed by atoms with Crippen molar-refractivity contribution in [3.63, 3.8) is 0 Å². The number of carbonyl (C=O) groups is 2. The van der Waals surface area contributed by atoms with Crippen LogP contribution in [0, 0.1) is 0 Å². The number of halogens is 1. The Bertz CT molecular complexity index is 752. The minimum absolute atomic E-state index is 0.0213. The smallest absolute Gasteiger partial charge is 0.235 e. The number of rotatable bonds is 4. The third kappa shape index (κ3) is 3.37. The maximum absolute atomic E-state index is 12.6. The van der Waals surface area contributed by atoms with Gasteiger partial charge in [0.05, 0.1) is 5.41 Å². The molecule has 1 saturated carbocycles. The van der Waals surface area contributed by atoms with Crippen LogP contribution in [0.1, 0.15) is 25.3 Å². The largest absolute Gasteiger partial charge is 0.326 e. The summed E-state index contributed by atoms with van der Waals surface area (Å²) in [6.07, 6.45) is 1.65. The number of benzene rings is 2. The maximum Gasteiger partial charge on any atom is 0.235 e. The van der Waals surface area contributed by atoms with Crippen LogP contribution in [0.4, 0.5) is 11.4 Å². The molecule has 2 amide bonds. The zero-order valence-electron chi connectivity index (χ0n) is 12.7. The SMILES string of the molecule is CC(=O)Nc1ccc(NC(=O)C2(c3cccc(Cl)c3)CC2)cc1. The lowest BCUT2D eigenvalue weighted by atomic mass is 9.95. The Kier molecular flexibility index (Phi) is 4.09. The van der Waals surface area contributed by atoms with E-state index in [1.165, 1.54) is 6.92 Å². The van der Waals surface area contributed by atoms with Crippen LogP contribution in [-0.4, -0.2) is 11.8 Å². The number of hydrogen-bond acceptors (Lipinski definition) is 2. The minimum Gasteiger partial charge on any atom is -0.326 e. The van der Waals surface area contributed by atoms with Gasteiger partial charge >= 0.3 is 0 Å². The predicted octanol–water partition coefficient (Wildman–Crippen LogP) is 3.97. The Balaban J connectivity index is 1.73. The molecule has 2 aromatic rings. The molecule has 1 aliphatic rings. The van der Waals surface area contributed by atoms with Gasteiger partial charge in [0.15, 0.2) is 0 Å². The molecule has 0 bridgehead atoms. The van der Waals surface area contributed by atoms with Gasteiger partial charge in [0.25, 0.3) is 0 Å². The van der Waals surface area contributed by atoms with E-state index in [2.05, 4.69) is 10.6 Å². The summed E-state index contributed by atoms with van der Waals surface area (Å²) in [5.41, 5.74) is 1.89. The molecule has 2 N–H and O–H groups in total. The third-order valence-corrected chi connectivity index (χ3v) is 4.26. The van der Waals surface area contributed by atoms with Crippen LogP contribution in [0.3, 0.4) is 0 Å². The normalized spacial score (nSPS) is 14.9. The molecule has 3 rings (SSSR count). The Morgan fingerprint density at radius 2 is 1.61 bits per heavy atom. The summed E-state index contributed by atoms with van der Waals surface area (Å²) in [4.78, 5) is 23.7. The maximum atomic E-state index is 12.6. The van der Waals surface area contributed by atoms with Crippen molar-refractivity contribution in [2.75, 3.05) is 10.6 Å². The van der Waals surface area contributed by atoms with Crippen LogP contribution in [-0.2, 0) is 15.0 Å². The lowest BCUT2D eigenvalue weighted by molar-refractivity contribution is -0.118. The summed E-state index contributed by atoms with van der Waals surface area (Å²) in [6.45, 7) is 1.46. The molecular formula is C18H17ClN2O2. The highest BCUT2D eigenvalue weighted by Crippen LogP contribution is 2.49. The van der Waals surface area contributed by atoms with Gasteiger partial charge in [-0.05, 0) is 54.8 Å². The first kappa shape index (κ1) is 15.6. The molecule has 23 heavy (non-hydrogen) atoms. The van der Waals surface area contributed by atoms with Crippen LogP contribution in [0.15, 0.2) is 48.5 Å². The van der Waals surface area contributed by atoms with Gasteiger partial charge in [0.2, 0.25) is 11.8 Å². The zero-order valence-corrected chi connectivity index (χ0v) is 13.5. The lowest BCUT2D eigenvalue weighted by Gasteiger charge is -2.16. The average Bonchev–Trinajstić information content (AvgIpc) is 3.30. The van der Waals surface area contributed by atoms with Crippen LogP contribution < -0.4 is 10.6 Å². The number of hydrogen-bond donors (Lipinski definition) is 2. The Hall–Kier alpha value is -2.33. The van der Waals surface area contributed by atoms with Crippen LogP contribution in [0.25, 0.3) is 0 Å². The fraction of sp³-hybridized carbons (Fsp3) is 0.222. The molecule has 118 valence electrons. The van der Waals surface area contributed by atoms with Gasteiger partial charge in [-0.25, -0.2) is 0 Å². The first-order chi connectivity index (χ1) is 11.0. The summed E-state index contributed by atoms with van der Waals surface area (Å²) in [6, 6.07) is 14.5. The van der Waals surface area contributed by atoms with E-state index in [1.807, 2.05) is 18.2 Å². The summed E-state index contributed by atoms with van der Waals surface area (Å²) < 4.78 is 0. The molecule has 0 heterocycles. The fourth-order valence-corrected chi connectivity index (χ4v) is 2.84. The number of amides is 2. The van der Waals surface area contributed by atoms with Gasteiger partial charge in [0, 0.05) is 23.3 Å². The molecule has 0 atom stereocenters. The second-order valence-electron chi connectivity index (χ2n) is 5.81. The molecule has 1 aliphatic carbocycles. The van der Waals surface area contributed by atoms with Crippen molar-refractivity contribution >= 4 is 34.8 Å². The first-order valence-electron chi connectivity index (χ1n) is 7.45. The quantitative estimate of drug-likeness (QED) is 0.892. The third-order valence-electron chi connectivity index (χ3n) is 4.02. The molecule has 0 unspecified atom stereocenters. The standard InChI is InChI=1S/C18H17ClN2O2/c1-12(22)20-15-5-7-16(8-6-15)21-17(23)18(9-10-18)13-3-2-4-14(19)11-13/h2-8,11H,9-10H2,1H3,(H,20,22)(H,21,23). The van der Waals surface area contributed by atoms with Crippen molar-refractivity contribution in [1.82, 2.24) is 0 Å². The highest BCUT2D eigenvalue weighted by molar-refractivity contribution is 6.30. The van der Waals surface area contributed by atoms with Crippen molar-refractivity contribution in [2.24, 2.45) is 0 Å². The Morgan fingerprint density at radius 3 is 2.13 bits per heavy atom. The van der Waals surface area contributed by atoms with E-state index in [0.717, 1.165) is 18.4 Å². The number of anilines is 2. The molecule has 0 aromatic heterocycles. The van der Waals surface area contributed by atoms with Gasteiger partial charge in [-0.1, -0.05) is 23.7 Å². The van der Waals surface area contributed by atoms with Gasteiger partial charge in [-0.3, -0.25) is 9.59 Å². The monoisotopic (exact) mass is 328 g/mol. The van der Waals surface area contributed by atoms with E-state index in [0.29, 0.717) is 16.4 Å². The fourth-order valence-electron chi connectivity index (χ4n) is 2.65. The average molecular weight is 329 g/mol. The molecule has 0 aliphatic heterocycles. The summed E-state index contributed by atoms with van der Waals surface area (Å²) in [5.74, 6) is -0.147. The predicted molar refractivity (Wildman–Crippen MR) is 91.7 cm³/mol. The van der Waals surface area contributed by atoms with Gasteiger partial charge in [-0.15, -0.1) is 0 Å². The van der Waals surface area contributed by atoms with Crippen LogP contribution in [0.5, 0.6) is 0 Å². The molecule has 0 saturated heterocycles. The van der Waals surface area contributed by atoms with Gasteiger partial charge in [-0.2, -0.15) is 0 Å². The highest BCUT2D eigenvalue weighted by Gasteiger charge is 2.51. The molecule has 5 heteroatoms. The molecule has 4 nitrogen and oxygen atoms in total. The zero-order chi connectivity index (χ0) is 16.4. The van der Waals surface area contributed by atoms with Crippen molar-refractivity contribution in [1.29, 1.82) is 0 Å². The minimum atomic E-state index is -0.471. The summed E-state index contributed by atoms with van der Waals surface area (Å²) in [5, 5.41) is 6.28. The molecule has 2 aromatic carbocycles. The van der Waals surface area contributed by atoms with E-state index >= 15 is 0 Å². The lowest BCUT2D eigenvalue weighted by Crippen LogP contribution is -2.27. The van der Waals surface area contributed by atoms with Crippen molar-refractivity contribution in [2.45, 2.75) is 25.2 Å². The molecule has 0 radical (unpaired) electrons. The van der Waals surface area contributed by atoms with E-state index < -0.39 is 5.41 Å². The molecule has 0 spiro atoms. The van der Waals surface area contributed by atoms with Crippen LogP contribution in [0.2, 0.25) is 5.02 Å². The Labute approximate surface area is 139 Å². The van der Waals surface area contributed by atoms with Crippen molar-refractivity contribution < 1.29 is 9.59 Å². The Morgan fingerprint density at radius 1 is 1.00 bits per heavy atom. The van der Waals surface area contributed by atoms with Crippen molar-refractivity contribution in [3.8, 4) is 0 Å². The summed E-state index contributed by atoms with van der Waals surface area (Å²) >= 11 is 6.04. The second kappa shape index (κ2) is 6.05. The molecule has 1 fully saturated rings. The van der Waals surface area contributed by atoms with E-state index in [-0.39, 0.29) is 11.8 Å². The van der Waals surface area contributed by atoms with Gasteiger partial charge in [0.1, 0.15) is 0 Å². The first-order valence-corrected chi connectivity index (χ1v) is 7.83. The second-order valence-corrected chi connectivity index (χ2v) is 6.24. The number of carbonyl (C=O) groups excluding carboxylic acids is 2. The van der Waals surface area contributed by atoms with Crippen molar-refractivity contribution in [3.05, 3.63) is 59.1 Å².